The summed E-state index contributed by atoms with van der Waals surface area (Å²) >= 11 is 0. The first kappa shape index (κ1) is 70.5. The third-order valence-electron chi connectivity index (χ3n) is 0. The van der Waals surface area contributed by atoms with E-state index in [1.165, 1.54) is 0 Å². The van der Waals surface area contributed by atoms with Crippen molar-refractivity contribution in [3.05, 3.63) is 0 Å². The quantitative estimate of drug-likeness (QED) is 0.497. The SMILES string of the molecule is [In+3].[O-2].[O-2].[O-2].[Sm+3].[Zn+2]. The van der Waals surface area contributed by atoms with E-state index in [0.29, 0.717) is 0 Å². The van der Waals surface area contributed by atoms with Crippen LogP contribution in [0.1, 0.15) is 0 Å². The molecular formula is InO3SmZn+2. The molecule has 0 aliphatic carbocycles. The molecule has 0 aliphatic heterocycles. The van der Waals surface area contributed by atoms with E-state index in [1.54, 1.807) is 0 Å². The van der Waals surface area contributed by atoms with Crippen molar-refractivity contribution in [1.29, 1.82) is 0 Å². The minimum absolute atomic E-state index is 0. The molecule has 0 rings (SSSR count). The minimum atomic E-state index is 0. The van der Waals surface area contributed by atoms with Gasteiger partial charge in [0.15, 0.2) is 0 Å². The van der Waals surface area contributed by atoms with Crippen LogP contribution < -0.4 is 0 Å². The van der Waals surface area contributed by atoms with Crippen molar-refractivity contribution in [3.63, 3.8) is 0 Å². The molecule has 27 valence electrons. The zero-order chi connectivity index (χ0) is 0. The molecule has 0 N–H and O–H groups in total. The molecule has 0 spiro atoms. The first-order chi connectivity index (χ1) is 0. The van der Waals surface area contributed by atoms with E-state index in [2.05, 4.69) is 0 Å². The summed E-state index contributed by atoms with van der Waals surface area (Å²) in [6.07, 6.45) is 0. The van der Waals surface area contributed by atoms with Gasteiger partial charge in [-0.05, 0) is 0 Å². The normalized spacial score (nSPS) is 0. The van der Waals surface area contributed by atoms with E-state index in [0.717, 1.165) is 0 Å². The Labute approximate surface area is 100 Å². The van der Waals surface area contributed by atoms with E-state index in [9.17, 15) is 0 Å². The summed E-state index contributed by atoms with van der Waals surface area (Å²) in [5, 5.41) is 0. The Kier molecular flexibility index (Phi) is 555. The largest absolute Gasteiger partial charge is 3.00 e. The van der Waals surface area contributed by atoms with Crippen molar-refractivity contribution in [2.75, 3.05) is 0 Å². The van der Waals surface area contributed by atoms with Crippen LogP contribution in [-0.2, 0) is 35.9 Å². The molecule has 6 heteroatoms. The third-order valence-corrected chi connectivity index (χ3v) is 0. The van der Waals surface area contributed by atoms with E-state index in [1.807, 2.05) is 0 Å². The predicted molar refractivity (Wildman–Crippen MR) is 7.81 cm³/mol. The topological polar surface area (TPSA) is 85.5 Å². The van der Waals surface area contributed by atoms with Gasteiger partial charge in [0.1, 0.15) is 0 Å². The Morgan fingerprint density at radius 1 is 0.667 bits per heavy atom. The minimum Gasteiger partial charge on any atom is -2.00 e. The van der Waals surface area contributed by atoms with E-state index < -0.39 is 0 Å². The molecule has 6 heavy (non-hydrogen) atoms. The van der Waals surface area contributed by atoms with E-state index >= 15 is 0 Å². The molecule has 0 aromatic heterocycles. The zero-order valence-corrected chi connectivity index (χ0v) is 11.8. The fourth-order valence-electron chi connectivity index (χ4n) is 0. The van der Waals surface area contributed by atoms with Gasteiger partial charge < -0.3 is 16.4 Å². The average Bonchev–Trinajstić information content (AvgIpc) is 0. The van der Waals surface area contributed by atoms with Crippen LogP contribution in [0.5, 0.6) is 0 Å². The summed E-state index contributed by atoms with van der Waals surface area (Å²) in [4.78, 5) is 0. The van der Waals surface area contributed by atoms with Gasteiger partial charge >= 0.3 is 85.7 Å². The number of hydrogen-bond donors (Lipinski definition) is 0. The Bertz CT molecular complexity index is 10.8. The molecule has 0 aromatic rings. The van der Waals surface area contributed by atoms with Crippen LogP contribution in [0.3, 0.4) is 0 Å². The first-order valence-electron chi connectivity index (χ1n) is 0. The molecule has 0 bridgehead atoms. The standard InChI is InChI=1S/In.3O.Sm.Zn/q+3;3*-2;+3;+2. The maximum atomic E-state index is 0. The maximum Gasteiger partial charge on any atom is 3.00 e. The number of rotatable bonds is 0. The van der Waals surface area contributed by atoms with E-state index in [-0.39, 0.29) is 102 Å². The summed E-state index contributed by atoms with van der Waals surface area (Å²) in [6, 6.07) is 0. The van der Waals surface area contributed by atoms with Gasteiger partial charge in [-0.1, -0.05) is 0 Å². The van der Waals surface area contributed by atoms with Crippen molar-refractivity contribution in [2.45, 2.75) is 0 Å². The van der Waals surface area contributed by atoms with Crippen molar-refractivity contribution in [2.24, 2.45) is 0 Å². The Hall–Kier alpha value is 2.71. The summed E-state index contributed by atoms with van der Waals surface area (Å²) in [5.41, 5.74) is 0. The van der Waals surface area contributed by atoms with Gasteiger partial charge in [0.2, 0.25) is 0 Å². The van der Waals surface area contributed by atoms with Crippen LogP contribution in [0.4, 0.5) is 0 Å². The molecule has 0 unspecified atom stereocenters. The summed E-state index contributed by atoms with van der Waals surface area (Å²) in [7, 11) is 0. The van der Waals surface area contributed by atoms with Crippen LogP contribution in [0, 0.1) is 40.4 Å². The Balaban J connectivity index is 0. The zero-order valence-electron chi connectivity index (χ0n) is 2.92. The Morgan fingerprint density at radius 2 is 0.667 bits per heavy atom. The van der Waals surface area contributed by atoms with Crippen LogP contribution in [0.15, 0.2) is 0 Å². The first-order valence-corrected chi connectivity index (χ1v) is 0. The molecule has 0 saturated carbocycles. The smallest absolute Gasteiger partial charge is 2.00 e. The van der Waals surface area contributed by atoms with Crippen molar-refractivity contribution >= 4 is 25.8 Å². The molecule has 0 saturated heterocycles. The second kappa shape index (κ2) is 47.3. The van der Waals surface area contributed by atoms with Crippen molar-refractivity contribution in [1.82, 2.24) is 0 Å². The molecule has 0 aromatic carbocycles. The molecule has 0 heterocycles. The fraction of sp³-hybridized carbons (Fsp3) is 0. The molecule has 0 fully saturated rings. The Morgan fingerprint density at radius 3 is 0.667 bits per heavy atom. The molecule has 3 nitrogen and oxygen atoms in total. The fourth-order valence-corrected chi connectivity index (χ4v) is 0. The van der Waals surface area contributed by atoms with E-state index in [4.69, 9.17) is 0 Å². The van der Waals surface area contributed by atoms with Crippen LogP contribution >= 0.6 is 0 Å². The summed E-state index contributed by atoms with van der Waals surface area (Å²) < 4.78 is 0. The maximum absolute atomic E-state index is 0. The van der Waals surface area contributed by atoms with Crippen LogP contribution in [0.25, 0.3) is 0 Å². The predicted octanol–water partition coefficient (Wildman–Crippen LogP) is -0.740. The van der Waals surface area contributed by atoms with Gasteiger partial charge in [0, 0.05) is 0 Å². The summed E-state index contributed by atoms with van der Waals surface area (Å²) in [6.45, 7) is 0. The van der Waals surface area contributed by atoms with Gasteiger partial charge in [0.05, 0.1) is 0 Å². The van der Waals surface area contributed by atoms with Crippen LogP contribution in [0.2, 0.25) is 0 Å². The second-order valence-corrected chi connectivity index (χ2v) is 0. The summed E-state index contributed by atoms with van der Waals surface area (Å²) in [5.74, 6) is 0. The molecule has 0 atom stereocenters. The monoisotopic (exact) mass is 379 g/mol. The van der Waals surface area contributed by atoms with Crippen LogP contribution in [-0.4, -0.2) is 25.8 Å². The molecule has 1 radical (unpaired) electrons. The second-order valence-electron chi connectivity index (χ2n) is 0. The molecule has 0 amide bonds. The van der Waals surface area contributed by atoms with Gasteiger partial charge in [0.25, 0.3) is 0 Å². The molecular weight excluding hydrogens is 379 g/mol. The van der Waals surface area contributed by atoms with Crippen molar-refractivity contribution in [3.8, 4) is 0 Å². The average molecular weight is 379 g/mol. The van der Waals surface area contributed by atoms with Gasteiger partial charge in [-0.15, -0.1) is 0 Å². The number of hydrogen-bond acceptors (Lipinski definition) is 0. The van der Waals surface area contributed by atoms with Gasteiger partial charge in [-0.25, -0.2) is 0 Å². The van der Waals surface area contributed by atoms with Gasteiger partial charge in [-0.3, -0.25) is 0 Å². The molecule has 0 aliphatic rings. The van der Waals surface area contributed by atoms with Crippen molar-refractivity contribution < 1.29 is 76.3 Å². The van der Waals surface area contributed by atoms with Gasteiger partial charge in [-0.2, -0.15) is 0 Å². The third kappa shape index (κ3) is 29.8.